The third-order valence-corrected chi connectivity index (χ3v) is 3.49. The number of pyridine rings is 1. The first-order chi connectivity index (χ1) is 10.3. The maximum absolute atomic E-state index is 11.9. The number of hydrogen-bond donors (Lipinski definition) is 0. The van der Waals surface area contributed by atoms with Crippen LogP contribution in [0.25, 0.3) is 11.4 Å². The molecule has 1 aliphatic rings. The van der Waals surface area contributed by atoms with Gasteiger partial charge in [-0.2, -0.15) is 4.80 Å². The Bertz CT molecular complexity index is 592. The Morgan fingerprint density at radius 1 is 1.33 bits per heavy atom. The molecule has 0 saturated heterocycles. The zero-order valence-electron chi connectivity index (χ0n) is 11.7. The van der Waals surface area contributed by atoms with Crippen LogP contribution in [0.15, 0.2) is 24.5 Å². The summed E-state index contributed by atoms with van der Waals surface area (Å²) in [5, 5.41) is 12.0. The van der Waals surface area contributed by atoms with Gasteiger partial charge in [-0.25, -0.2) is 4.79 Å². The first-order valence-corrected chi connectivity index (χ1v) is 7.19. The van der Waals surface area contributed by atoms with Crippen molar-refractivity contribution in [2.75, 3.05) is 0 Å². The lowest BCUT2D eigenvalue weighted by Gasteiger charge is -2.21. The minimum absolute atomic E-state index is 0.0102. The van der Waals surface area contributed by atoms with Gasteiger partial charge in [0, 0.05) is 18.0 Å². The molecule has 2 aromatic rings. The highest BCUT2D eigenvalue weighted by Gasteiger charge is 2.18. The van der Waals surface area contributed by atoms with Crippen molar-refractivity contribution < 1.29 is 9.53 Å². The predicted octanol–water partition coefficient (Wildman–Crippen LogP) is 1.61. The number of nitrogens with zero attached hydrogens (tertiary/aromatic N) is 5. The van der Waals surface area contributed by atoms with Gasteiger partial charge in [0.15, 0.2) is 6.54 Å². The molecule has 0 unspecified atom stereocenters. The van der Waals surface area contributed by atoms with Crippen LogP contribution in [0.2, 0.25) is 0 Å². The monoisotopic (exact) mass is 287 g/mol. The number of ether oxygens (including phenoxy) is 1. The van der Waals surface area contributed by atoms with E-state index in [4.69, 9.17) is 4.74 Å². The molecule has 2 aromatic heterocycles. The van der Waals surface area contributed by atoms with E-state index >= 15 is 0 Å². The Balaban J connectivity index is 1.58. The van der Waals surface area contributed by atoms with Crippen molar-refractivity contribution in [3.8, 4) is 11.4 Å². The molecule has 1 saturated carbocycles. The lowest BCUT2D eigenvalue weighted by atomic mass is 9.98. The molecule has 21 heavy (non-hydrogen) atoms. The van der Waals surface area contributed by atoms with Crippen molar-refractivity contribution in [1.29, 1.82) is 0 Å². The molecular formula is C14H17N5O2. The van der Waals surface area contributed by atoms with Crippen LogP contribution in [0.4, 0.5) is 0 Å². The van der Waals surface area contributed by atoms with Crippen LogP contribution in [0.5, 0.6) is 0 Å². The minimum atomic E-state index is -0.308. The highest BCUT2D eigenvalue weighted by Crippen LogP contribution is 2.20. The summed E-state index contributed by atoms with van der Waals surface area (Å²) in [6, 6.07) is 3.64. The molecule has 0 radical (unpaired) electrons. The van der Waals surface area contributed by atoms with Crippen molar-refractivity contribution in [2.24, 2.45) is 0 Å². The average molecular weight is 287 g/mol. The third kappa shape index (κ3) is 3.62. The quantitative estimate of drug-likeness (QED) is 0.794. The Hall–Kier alpha value is -2.31. The molecule has 0 aromatic carbocycles. The first kappa shape index (κ1) is 13.7. The molecule has 0 N–H and O–H groups in total. The van der Waals surface area contributed by atoms with Crippen LogP contribution < -0.4 is 0 Å². The molecule has 0 amide bonds. The highest BCUT2D eigenvalue weighted by molar-refractivity contribution is 5.69. The van der Waals surface area contributed by atoms with Gasteiger partial charge in [0.2, 0.25) is 5.82 Å². The average Bonchev–Trinajstić information content (AvgIpc) is 2.97. The molecule has 1 aliphatic carbocycles. The van der Waals surface area contributed by atoms with E-state index in [9.17, 15) is 4.79 Å². The van der Waals surface area contributed by atoms with Crippen LogP contribution in [-0.4, -0.2) is 37.3 Å². The summed E-state index contributed by atoms with van der Waals surface area (Å²) in [5.41, 5.74) is 0.768. The summed E-state index contributed by atoms with van der Waals surface area (Å²) >= 11 is 0. The summed E-state index contributed by atoms with van der Waals surface area (Å²) in [4.78, 5) is 17.1. The molecule has 0 aliphatic heterocycles. The molecule has 0 bridgehead atoms. The van der Waals surface area contributed by atoms with Gasteiger partial charge in [0.1, 0.15) is 6.10 Å². The Kier molecular flexibility index (Phi) is 4.18. The molecule has 3 rings (SSSR count). The van der Waals surface area contributed by atoms with Gasteiger partial charge in [0.25, 0.3) is 0 Å². The van der Waals surface area contributed by atoms with E-state index in [2.05, 4.69) is 20.4 Å². The van der Waals surface area contributed by atoms with Crippen LogP contribution in [0.1, 0.15) is 32.1 Å². The molecule has 0 spiro atoms. The molecule has 110 valence electrons. The fourth-order valence-corrected chi connectivity index (χ4v) is 2.44. The lowest BCUT2D eigenvalue weighted by Crippen LogP contribution is -2.24. The van der Waals surface area contributed by atoms with Crippen molar-refractivity contribution in [3.05, 3.63) is 24.5 Å². The van der Waals surface area contributed by atoms with Gasteiger partial charge < -0.3 is 4.74 Å². The fraction of sp³-hybridized carbons (Fsp3) is 0.500. The van der Waals surface area contributed by atoms with E-state index in [1.165, 1.54) is 11.2 Å². The SMILES string of the molecule is O=C(Cn1nnc(-c2cccnc2)n1)OC1CCCCC1. The number of esters is 1. The number of rotatable bonds is 4. The molecule has 7 heteroatoms. The van der Waals surface area contributed by atoms with E-state index in [0.29, 0.717) is 5.82 Å². The molecule has 2 heterocycles. The largest absolute Gasteiger partial charge is 0.461 e. The standard InChI is InChI=1S/C14H17N5O2/c20-13(21-12-6-2-1-3-7-12)10-19-17-14(16-18-19)11-5-4-8-15-9-11/h4-5,8-9,12H,1-3,6-7,10H2. The van der Waals surface area contributed by atoms with E-state index in [0.717, 1.165) is 31.2 Å². The summed E-state index contributed by atoms with van der Waals surface area (Å²) in [7, 11) is 0. The van der Waals surface area contributed by atoms with E-state index in [1.807, 2.05) is 6.07 Å². The number of carbonyl (C=O) groups excluding carboxylic acids is 1. The molecule has 7 nitrogen and oxygen atoms in total. The van der Waals surface area contributed by atoms with Crippen LogP contribution in [0, 0.1) is 0 Å². The summed E-state index contributed by atoms with van der Waals surface area (Å²) in [6.07, 6.45) is 8.78. The van der Waals surface area contributed by atoms with E-state index in [1.54, 1.807) is 18.5 Å². The van der Waals surface area contributed by atoms with Crippen molar-refractivity contribution >= 4 is 5.97 Å². The van der Waals surface area contributed by atoms with Crippen molar-refractivity contribution in [2.45, 2.75) is 44.8 Å². The topological polar surface area (TPSA) is 82.8 Å². The maximum Gasteiger partial charge on any atom is 0.330 e. The van der Waals surface area contributed by atoms with Gasteiger partial charge in [-0.15, -0.1) is 10.2 Å². The summed E-state index contributed by atoms with van der Waals surface area (Å²) in [6.45, 7) is -0.0102. The minimum Gasteiger partial charge on any atom is -0.461 e. The fourth-order valence-electron chi connectivity index (χ4n) is 2.44. The Labute approximate surface area is 122 Å². The van der Waals surface area contributed by atoms with E-state index < -0.39 is 0 Å². The number of aromatic nitrogens is 5. The van der Waals surface area contributed by atoms with Gasteiger partial charge in [-0.3, -0.25) is 4.98 Å². The Morgan fingerprint density at radius 3 is 2.95 bits per heavy atom. The molecule has 1 fully saturated rings. The van der Waals surface area contributed by atoms with Crippen LogP contribution in [-0.2, 0) is 16.1 Å². The van der Waals surface area contributed by atoms with Crippen molar-refractivity contribution in [3.63, 3.8) is 0 Å². The smallest absolute Gasteiger partial charge is 0.330 e. The molecular weight excluding hydrogens is 270 g/mol. The summed E-state index contributed by atoms with van der Waals surface area (Å²) in [5.74, 6) is 0.144. The first-order valence-electron chi connectivity index (χ1n) is 7.19. The maximum atomic E-state index is 11.9. The number of hydrogen-bond acceptors (Lipinski definition) is 6. The Morgan fingerprint density at radius 2 is 2.19 bits per heavy atom. The van der Waals surface area contributed by atoms with E-state index in [-0.39, 0.29) is 18.6 Å². The van der Waals surface area contributed by atoms with Gasteiger partial charge in [0.05, 0.1) is 0 Å². The second-order valence-corrected chi connectivity index (χ2v) is 5.14. The number of carbonyl (C=O) groups is 1. The van der Waals surface area contributed by atoms with Crippen LogP contribution >= 0.6 is 0 Å². The summed E-state index contributed by atoms with van der Waals surface area (Å²) < 4.78 is 5.43. The molecule has 0 atom stereocenters. The number of tetrazole rings is 1. The zero-order valence-corrected chi connectivity index (χ0v) is 11.7. The predicted molar refractivity (Wildman–Crippen MR) is 74.0 cm³/mol. The second kappa shape index (κ2) is 6.43. The second-order valence-electron chi connectivity index (χ2n) is 5.14. The lowest BCUT2D eigenvalue weighted by molar-refractivity contribution is -0.151. The third-order valence-electron chi connectivity index (χ3n) is 3.49. The van der Waals surface area contributed by atoms with Gasteiger partial charge in [-0.1, -0.05) is 6.42 Å². The zero-order chi connectivity index (χ0) is 14.5. The van der Waals surface area contributed by atoms with Crippen molar-refractivity contribution in [1.82, 2.24) is 25.2 Å². The van der Waals surface area contributed by atoms with Crippen LogP contribution in [0.3, 0.4) is 0 Å². The normalized spacial score (nSPS) is 15.8. The van der Waals surface area contributed by atoms with Gasteiger partial charge in [-0.05, 0) is 43.0 Å². The van der Waals surface area contributed by atoms with Gasteiger partial charge >= 0.3 is 5.97 Å². The highest BCUT2D eigenvalue weighted by atomic mass is 16.5.